The van der Waals surface area contributed by atoms with Crippen molar-refractivity contribution in [3.05, 3.63) is 80.7 Å². The van der Waals surface area contributed by atoms with Gasteiger partial charge in [0.05, 0.1) is 0 Å². The molecule has 172 valence electrons. The lowest BCUT2D eigenvalue weighted by Crippen LogP contribution is -2.24. The largest absolute Gasteiger partial charge is 0.508 e. The van der Waals surface area contributed by atoms with Crippen molar-refractivity contribution < 1.29 is 10.2 Å². The molecule has 0 amide bonds. The summed E-state index contributed by atoms with van der Waals surface area (Å²) in [4.78, 5) is 2.35. The number of nitrogens with zero attached hydrogens (tertiary/aromatic N) is 1. The summed E-state index contributed by atoms with van der Waals surface area (Å²) in [6.45, 7) is 4.35. The van der Waals surface area contributed by atoms with Gasteiger partial charge in [0.25, 0.3) is 0 Å². The van der Waals surface area contributed by atoms with Gasteiger partial charge in [-0.05, 0) is 70.9 Å². The van der Waals surface area contributed by atoms with Crippen LogP contribution in [-0.4, -0.2) is 21.7 Å². The van der Waals surface area contributed by atoms with E-state index in [0.29, 0.717) is 24.6 Å². The SMILES string of the molecule is CCCCCCN(Cc1c(O)ccc2cc(Br)ccc12)Cc1c(O)ccc2cc(Br)ccc12. The van der Waals surface area contributed by atoms with Crippen LogP contribution in [0.25, 0.3) is 21.5 Å². The van der Waals surface area contributed by atoms with Crippen molar-refractivity contribution in [2.24, 2.45) is 0 Å². The summed E-state index contributed by atoms with van der Waals surface area (Å²) in [5.74, 6) is 0.629. The number of hydrogen-bond acceptors (Lipinski definition) is 3. The van der Waals surface area contributed by atoms with Gasteiger partial charge in [-0.15, -0.1) is 0 Å². The number of aromatic hydroxyl groups is 2. The van der Waals surface area contributed by atoms with E-state index in [1.165, 1.54) is 19.3 Å². The normalized spacial score (nSPS) is 11.6. The Kier molecular flexibility index (Phi) is 7.94. The number of rotatable bonds is 9. The maximum absolute atomic E-state index is 10.8. The van der Waals surface area contributed by atoms with E-state index in [4.69, 9.17) is 0 Å². The summed E-state index contributed by atoms with van der Waals surface area (Å²) in [6, 6.07) is 19.8. The second-order valence-electron chi connectivity index (χ2n) is 8.63. The zero-order valence-corrected chi connectivity index (χ0v) is 22.0. The van der Waals surface area contributed by atoms with Crippen molar-refractivity contribution in [3.8, 4) is 11.5 Å². The Bertz CT molecular complexity index is 1180. The van der Waals surface area contributed by atoms with E-state index >= 15 is 0 Å². The minimum absolute atomic E-state index is 0.314. The van der Waals surface area contributed by atoms with E-state index in [1.807, 2.05) is 24.3 Å². The molecule has 0 fully saturated rings. The fraction of sp³-hybridized carbons (Fsp3) is 0.286. The van der Waals surface area contributed by atoms with Gasteiger partial charge in [0.2, 0.25) is 0 Å². The Hall–Kier alpha value is -2.08. The van der Waals surface area contributed by atoms with Crippen LogP contribution in [0.15, 0.2) is 69.6 Å². The first kappa shape index (κ1) is 24.1. The molecule has 0 atom stereocenters. The lowest BCUT2D eigenvalue weighted by Gasteiger charge is -2.25. The number of phenolic OH excluding ortho intramolecular Hbond substituents is 2. The molecule has 0 spiro atoms. The Morgan fingerprint density at radius 2 is 1.18 bits per heavy atom. The van der Waals surface area contributed by atoms with E-state index in [0.717, 1.165) is 54.6 Å². The number of benzene rings is 4. The first-order valence-corrected chi connectivity index (χ1v) is 13.1. The van der Waals surface area contributed by atoms with Crippen molar-refractivity contribution in [2.75, 3.05) is 6.54 Å². The smallest absolute Gasteiger partial charge is 0.120 e. The molecule has 33 heavy (non-hydrogen) atoms. The van der Waals surface area contributed by atoms with E-state index in [1.54, 1.807) is 12.1 Å². The standard InChI is InChI=1S/C28H29Br2NO2/c1-2-3-4-5-14-31(17-25-23-10-8-21(29)15-19(23)6-12-27(25)32)18-26-24-11-9-22(30)16-20(24)7-13-28(26)33/h6-13,15-16,32-33H,2-5,14,17-18H2,1H3. The number of halogens is 2. The number of hydrogen-bond donors (Lipinski definition) is 2. The van der Waals surface area contributed by atoms with Gasteiger partial charge in [0.1, 0.15) is 11.5 Å². The molecule has 0 aliphatic rings. The summed E-state index contributed by atoms with van der Waals surface area (Å²) in [5.41, 5.74) is 1.86. The molecule has 4 aromatic carbocycles. The molecule has 0 aliphatic heterocycles. The third-order valence-corrected chi connectivity index (χ3v) is 7.22. The molecule has 0 unspecified atom stereocenters. The number of phenols is 2. The van der Waals surface area contributed by atoms with Crippen LogP contribution in [0.5, 0.6) is 11.5 Å². The molecular formula is C28H29Br2NO2. The molecule has 4 rings (SSSR count). The van der Waals surface area contributed by atoms with E-state index in [9.17, 15) is 10.2 Å². The third kappa shape index (κ3) is 5.71. The van der Waals surface area contributed by atoms with Gasteiger partial charge in [-0.3, -0.25) is 4.90 Å². The molecule has 0 heterocycles. The Labute approximate surface area is 212 Å². The van der Waals surface area contributed by atoms with E-state index in [-0.39, 0.29) is 0 Å². The zero-order chi connectivity index (χ0) is 23.4. The fourth-order valence-corrected chi connectivity index (χ4v) is 5.22. The predicted octanol–water partition coefficient (Wildman–Crippen LogP) is 8.51. The van der Waals surface area contributed by atoms with Crippen LogP contribution in [0.4, 0.5) is 0 Å². The van der Waals surface area contributed by atoms with Crippen molar-refractivity contribution in [2.45, 2.75) is 45.7 Å². The van der Waals surface area contributed by atoms with Gasteiger partial charge >= 0.3 is 0 Å². The molecular weight excluding hydrogens is 542 g/mol. The number of unbranched alkanes of at least 4 members (excludes halogenated alkanes) is 3. The molecule has 4 aromatic rings. The van der Waals surface area contributed by atoms with Gasteiger partial charge in [-0.25, -0.2) is 0 Å². The molecule has 0 aliphatic carbocycles. The van der Waals surface area contributed by atoms with Crippen molar-refractivity contribution in [3.63, 3.8) is 0 Å². The molecule has 3 nitrogen and oxygen atoms in total. The highest BCUT2D eigenvalue weighted by molar-refractivity contribution is 9.10. The van der Waals surface area contributed by atoms with Gasteiger partial charge < -0.3 is 10.2 Å². The number of fused-ring (bicyclic) bond motifs is 2. The summed E-state index contributed by atoms with van der Waals surface area (Å²) in [6.07, 6.45) is 4.67. The fourth-order valence-electron chi connectivity index (χ4n) is 4.46. The van der Waals surface area contributed by atoms with Crippen LogP contribution in [0.2, 0.25) is 0 Å². The van der Waals surface area contributed by atoms with Crippen molar-refractivity contribution in [1.82, 2.24) is 4.90 Å². The summed E-state index contributed by atoms with van der Waals surface area (Å²) >= 11 is 7.10. The maximum atomic E-state index is 10.8. The van der Waals surface area contributed by atoms with Crippen molar-refractivity contribution >= 4 is 53.4 Å². The summed E-state index contributed by atoms with van der Waals surface area (Å²) in [7, 11) is 0. The predicted molar refractivity (Wildman–Crippen MR) is 145 cm³/mol. The average Bonchev–Trinajstić information content (AvgIpc) is 2.80. The highest BCUT2D eigenvalue weighted by atomic mass is 79.9. The van der Waals surface area contributed by atoms with Crippen LogP contribution in [0.1, 0.15) is 43.7 Å². The summed E-state index contributed by atoms with van der Waals surface area (Å²) in [5, 5.41) is 25.8. The molecule has 5 heteroatoms. The highest BCUT2D eigenvalue weighted by Crippen LogP contribution is 2.34. The van der Waals surface area contributed by atoms with Crippen LogP contribution >= 0.6 is 31.9 Å². The minimum Gasteiger partial charge on any atom is -0.508 e. The van der Waals surface area contributed by atoms with Gasteiger partial charge in [0.15, 0.2) is 0 Å². The van der Waals surface area contributed by atoms with Crippen molar-refractivity contribution in [1.29, 1.82) is 0 Å². The molecule has 0 aromatic heterocycles. The van der Waals surface area contributed by atoms with Crippen LogP contribution in [-0.2, 0) is 13.1 Å². The first-order chi connectivity index (χ1) is 16.0. The van der Waals surface area contributed by atoms with Crippen LogP contribution < -0.4 is 0 Å². The summed E-state index contributed by atoms with van der Waals surface area (Å²) < 4.78 is 2.05. The quantitative estimate of drug-likeness (QED) is 0.198. The molecule has 0 radical (unpaired) electrons. The molecule has 2 N–H and O–H groups in total. The topological polar surface area (TPSA) is 43.7 Å². The van der Waals surface area contributed by atoms with Gasteiger partial charge in [-0.1, -0.05) is 82.3 Å². The highest BCUT2D eigenvalue weighted by Gasteiger charge is 2.16. The molecule has 0 bridgehead atoms. The maximum Gasteiger partial charge on any atom is 0.120 e. The van der Waals surface area contributed by atoms with Crippen LogP contribution in [0.3, 0.4) is 0 Å². The average molecular weight is 571 g/mol. The minimum atomic E-state index is 0.314. The van der Waals surface area contributed by atoms with E-state index in [2.05, 4.69) is 67.9 Å². The monoisotopic (exact) mass is 569 g/mol. The Balaban J connectivity index is 1.70. The lowest BCUT2D eigenvalue weighted by atomic mass is 10.0. The molecule has 0 saturated heterocycles. The molecule has 0 saturated carbocycles. The van der Waals surface area contributed by atoms with Crippen LogP contribution in [0, 0.1) is 0 Å². The zero-order valence-electron chi connectivity index (χ0n) is 18.8. The first-order valence-electron chi connectivity index (χ1n) is 11.5. The lowest BCUT2D eigenvalue weighted by molar-refractivity contribution is 0.246. The second kappa shape index (κ2) is 10.9. The van der Waals surface area contributed by atoms with Gasteiger partial charge in [0, 0.05) is 33.2 Å². The van der Waals surface area contributed by atoms with E-state index < -0.39 is 0 Å². The Morgan fingerprint density at radius 3 is 1.67 bits per heavy atom. The third-order valence-electron chi connectivity index (χ3n) is 6.23. The second-order valence-corrected chi connectivity index (χ2v) is 10.5. The Morgan fingerprint density at radius 1 is 0.667 bits per heavy atom. The van der Waals surface area contributed by atoms with Gasteiger partial charge in [-0.2, -0.15) is 0 Å².